The Bertz CT molecular complexity index is 3560. The van der Waals surface area contributed by atoms with Crippen LogP contribution in [0.5, 0.6) is 0 Å². The lowest BCUT2D eigenvalue weighted by Crippen LogP contribution is -2.11. The predicted molar refractivity (Wildman–Crippen MR) is 253 cm³/mol. The summed E-state index contributed by atoms with van der Waals surface area (Å²) in [7, 11) is 0. The van der Waals surface area contributed by atoms with Crippen molar-refractivity contribution in [1.82, 2.24) is 0 Å². The summed E-state index contributed by atoms with van der Waals surface area (Å²) in [4.78, 5) is 2.42. The largest absolute Gasteiger partial charge is 0.455 e. The summed E-state index contributed by atoms with van der Waals surface area (Å²) >= 11 is 1.85. The molecule has 59 heavy (non-hydrogen) atoms. The maximum Gasteiger partial charge on any atom is 0.143 e. The zero-order valence-corrected chi connectivity index (χ0v) is 32.8. The van der Waals surface area contributed by atoms with Crippen molar-refractivity contribution in [3.63, 3.8) is 0 Å². The fraction of sp³-hybridized carbons (Fsp3) is 0. The minimum absolute atomic E-state index is 0.866. The van der Waals surface area contributed by atoms with Crippen LogP contribution in [0, 0.1) is 0 Å². The monoisotopic (exact) mass is 769 g/mol. The third-order valence-electron chi connectivity index (χ3n) is 11.9. The number of fused-ring (bicyclic) bond motifs is 9. The molecule has 0 fully saturated rings. The Morgan fingerprint density at radius 3 is 1.81 bits per heavy atom. The van der Waals surface area contributed by atoms with Gasteiger partial charge < -0.3 is 9.32 Å². The van der Waals surface area contributed by atoms with Crippen molar-refractivity contribution in [3.8, 4) is 33.4 Å². The summed E-state index contributed by atoms with van der Waals surface area (Å²) in [6.45, 7) is 0. The van der Waals surface area contributed by atoms with Crippen LogP contribution in [0.3, 0.4) is 0 Å². The predicted octanol–water partition coefficient (Wildman–Crippen LogP) is 16.7. The zero-order valence-electron chi connectivity index (χ0n) is 32.0. The molecule has 276 valence electrons. The average molecular weight is 770 g/mol. The molecule has 0 radical (unpaired) electrons. The Balaban J connectivity index is 1.01. The van der Waals surface area contributed by atoms with Crippen molar-refractivity contribution in [2.24, 2.45) is 0 Å². The second kappa shape index (κ2) is 13.6. The third kappa shape index (κ3) is 5.62. The summed E-state index contributed by atoms with van der Waals surface area (Å²) < 4.78 is 9.34. The quantitative estimate of drug-likeness (QED) is 0.167. The van der Waals surface area contributed by atoms with Crippen LogP contribution in [0.1, 0.15) is 0 Å². The molecule has 0 saturated carbocycles. The number of thiophene rings is 1. The molecule has 0 bridgehead atoms. The molecule has 0 aliphatic rings. The van der Waals surface area contributed by atoms with Crippen LogP contribution in [0.4, 0.5) is 17.1 Å². The van der Waals surface area contributed by atoms with Gasteiger partial charge >= 0.3 is 0 Å². The van der Waals surface area contributed by atoms with Crippen LogP contribution < -0.4 is 4.90 Å². The summed E-state index contributed by atoms with van der Waals surface area (Å²) in [5.41, 5.74) is 12.1. The molecule has 2 nitrogen and oxygen atoms in total. The van der Waals surface area contributed by atoms with Crippen LogP contribution in [0.15, 0.2) is 217 Å². The molecule has 0 spiro atoms. The van der Waals surface area contributed by atoms with Crippen molar-refractivity contribution >= 4 is 92.1 Å². The van der Waals surface area contributed by atoms with E-state index in [-0.39, 0.29) is 0 Å². The van der Waals surface area contributed by atoms with E-state index in [2.05, 4.69) is 217 Å². The molecule has 3 heteroatoms. The van der Waals surface area contributed by atoms with Gasteiger partial charge in [0.1, 0.15) is 11.2 Å². The Morgan fingerprint density at radius 2 is 0.966 bits per heavy atom. The van der Waals surface area contributed by atoms with Crippen molar-refractivity contribution in [2.75, 3.05) is 4.90 Å². The first-order valence-corrected chi connectivity index (χ1v) is 20.9. The van der Waals surface area contributed by atoms with Gasteiger partial charge in [-0.15, -0.1) is 11.3 Å². The van der Waals surface area contributed by atoms with Crippen LogP contribution in [0.25, 0.3) is 97.0 Å². The van der Waals surface area contributed by atoms with E-state index in [0.29, 0.717) is 0 Å². The number of anilines is 3. The van der Waals surface area contributed by atoms with E-state index < -0.39 is 0 Å². The molecule has 10 aromatic carbocycles. The smallest absolute Gasteiger partial charge is 0.143 e. The van der Waals surface area contributed by atoms with Crippen LogP contribution >= 0.6 is 11.3 Å². The first kappa shape index (κ1) is 33.7. The number of hydrogen-bond donors (Lipinski definition) is 0. The Kier molecular flexibility index (Phi) is 7.75. The minimum atomic E-state index is 0.866. The Morgan fingerprint density at radius 1 is 0.356 bits per heavy atom. The molecule has 0 amide bonds. The molecule has 2 aromatic heterocycles. The highest BCUT2D eigenvalue weighted by molar-refractivity contribution is 7.25. The summed E-state index contributed by atoms with van der Waals surface area (Å²) in [6, 6.07) is 77.0. The van der Waals surface area contributed by atoms with Gasteiger partial charge in [-0.1, -0.05) is 152 Å². The van der Waals surface area contributed by atoms with Gasteiger partial charge in [0.15, 0.2) is 0 Å². The van der Waals surface area contributed by atoms with Gasteiger partial charge in [-0.3, -0.25) is 0 Å². The molecule has 0 saturated heterocycles. The van der Waals surface area contributed by atoms with E-state index in [4.69, 9.17) is 4.42 Å². The fourth-order valence-corrected chi connectivity index (χ4v) is 10.0. The van der Waals surface area contributed by atoms with Gasteiger partial charge in [0.2, 0.25) is 0 Å². The topological polar surface area (TPSA) is 16.4 Å². The third-order valence-corrected chi connectivity index (χ3v) is 13.0. The molecule has 12 aromatic rings. The van der Waals surface area contributed by atoms with Gasteiger partial charge in [-0.05, 0) is 105 Å². The van der Waals surface area contributed by atoms with Crippen molar-refractivity contribution in [1.29, 1.82) is 0 Å². The summed E-state index contributed by atoms with van der Waals surface area (Å²) in [6.07, 6.45) is 0. The highest BCUT2D eigenvalue weighted by atomic mass is 32.1. The molecule has 12 rings (SSSR count). The Labute approximate surface area is 345 Å². The first-order chi connectivity index (χ1) is 29.2. The average Bonchev–Trinajstić information content (AvgIpc) is 3.88. The molecule has 2 heterocycles. The molecular weight excluding hydrogens is 735 g/mol. The number of hydrogen-bond acceptors (Lipinski definition) is 3. The van der Waals surface area contributed by atoms with Crippen LogP contribution in [0.2, 0.25) is 0 Å². The van der Waals surface area contributed by atoms with E-state index in [9.17, 15) is 0 Å². The number of para-hydroxylation sites is 1. The van der Waals surface area contributed by atoms with Gasteiger partial charge in [0.25, 0.3) is 0 Å². The summed E-state index contributed by atoms with van der Waals surface area (Å²) in [5.74, 6) is 0. The highest BCUT2D eigenvalue weighted by Gasteiger charge is 2.23. The highest BCUT2D eigenvalue weighted by Crippen LogP contribution is 2.48. The first-order valence-electron chi connectivity index (χ1n) is 20.1. The van der Waals surface area contributed by atoms with Crippen LogP contribution in [-0.4, -0.2) is 0 Å². The lowest BCUT2D eigenvalue weighted by atomic mass is 9.97. The maximum absolute atomic E-state index is 6.74. The van der Waals surface area contributed by atoms with Gasteiger partial charge in [0, 0.05) is 42.2 Å². The fourth-order valence-electron chi connectivity index (χ4n) is 8.96. The standard InChI is InChI=1S/C56H35NOS/c1-2-12-41-34-42(25-24-36(41)10-1)39-22-20-37(21-23-39)38-26-30-44(31-27-38)57(51-17-9-18-52-55(51)48-32-28-40-11-3-4-14-46(40)56(48)58-52)50-16-7-5-13-45(50)43-29-33-54-49(35-43)47-15-6-8-19-53(47)59-54/h1-35H. The van der Waals surface area contributed by atoms with E-state index in [1.54, 1.807) is 0 Å². The zero-order chi connectivity index (χ0) is 38.9. The van der Waals surface area contributed by atoms with Gasteiger partial charge in [-0.2, -0.15) is 0 Å². The minimum Gasteiger partial charge on any atom is -0.455 e. The van der Waals surface area contributed by atoms with Crippen LogP contribution in [-0.2, 0) is 0 Å². The van der Waals surface area contributed by atoms with E-state index >= 15 is 0 Å². The number of benzene rings is 10. The SMILES string of the molecule is c1ccc(N(c2ccc(-c3ccc(-c4ccc5ccccc5c4)cc3)cc2)c2cccc3oc4c5ccccc5ccc4c23)c(-c2ccc3sc4ccccc4c3c2)c1. The van der Waals surface area contributed by atoms with Crippen molar-refractivity contribution in [3.05, 3.63) is 212 Å². The Hall–Kier alpha value is -7.46. The number of nitrogens with zero attached hydrogens (tertiary/aromatic N) is 1. The van der Waals surface area contributed by atoms with E-state index in [1.165, 1.54) is 64.1 Å². The lowest BCUT2D eigenvalue weighted by molar-refractivity contribution is 0.672. The van der Waals surface area contributed by atoms with Gasteiger partial charge in [0.05, 0.1) is 16.8 Å². The number of rotatable bonds is 6. The van der Waals surface area contributed by atoms with Crippen molar-refractivity contribution in [2.45, 2.75) is 0 Å². The molecule has 0 unspecified atom stereocenters. The normalized spacial score (nSPS) is 11.7. The molecule has 0 atom stereocenters. The van der Waals surface area contributed by atoms with E-state index in [0.717, 1.165) is 50.0 Å². The molecule has 0 aliphatic heterocycles. The molecular formula is C56H35NOS. The van der Waals surface area contributed by atoms with Gasteiger partial charge in [-0.25, -0.2) is 0 Å². The van der Waals surface area contributed by atoms with Crippen molar-refractivity contribution < 1.29 is 4.42 Å². The molecule has 0 aliphatic carbocycles. The maximum atomic E-state index is 6.74. The second-order valence-corrected chi connectivity index (χ2v) is 16.3. The molecule has 0 N–H and O–H groups in total. The van der Waals surface area contributed by atoms with E-state index in [1.807, 2.05) is 11.3 Å². The second-order valence-electron chi connectivity index (χ2n) is 15.3. The summed E-state index contributed by atoms with van der Waals surface area (Å²) in [5, 5.41) is 9.58. The lowest BCUT2D eigenvalue weighted by Gasteiger charge is -2.28. The number of furan rings is 1.